The fourth-order valence-corrected chi connectivity index (χ4v) is 2.65. The number of aliphatic hydroxyl groups excluding tert-OH is 1. The topological polar surface area (TPSA) is 29.5 Å². The van der Waals surface area contributed by atoms with Gasteiger partial charge in [-0.1, -0.05) is 54.6 Å². The smallest absolute Gasteiger partial charge is 0.264 e. The maximum Gasteiger partial charge on any atom is 0.264 e. The van der Waals surface area contributed by atoms with Gasteiger partial charge >= 0.3 is 0 Å². The second kappa shape index (κ2) is 7.90. The molecule has 1 N–H and O–H groups in total. The third-order valence-electron chi connectivity index (χ3n) is 3.93. The summed E-state index contributed by atoms with van der Waals surface area (Å²) in [5, 5.41) is 9.16. The van der Waals surface area contributed by atoms with Crippen LogP contribution in [0.3, 0.4) is 0 Å². The lowest BCUT2D eigenvalue weighted by Crippen LogP contribution is -1.96. The van der Waals surface area contributed by atoms with E-state index in [1.807, 2.05) is 30.3 Å². The van der Waals surface area contributed by atoms with Crippen LogP contribution in [0.2, 0.25) is 0 Å². The van der Waals surface area contributed by atoms with E-state index < -0.39 is 6.43 Å². The Morgan fingerprint density at radius 3 is 2.36 bits per heavy atom. The zero-order valence-electron chi connectivity index (χ0n) is 13.5. The van der Waals surface area contributed by atoms with E-state index in [1.165, 1.54) is 6.07 Å². The molecule has 0 saturated carbocycles. The number of benzene rings is 3. The molecular weight excluding hydrogens is 322 g/mol. The monoisotopic (exact) mass is 340 g/mol. The summed E-state index contributed by atoms with van der Waals surface area (Å²) >= 11 is 0. The number of hydrogen-bond donors (Lipinski definition) is 1. The van der Waals surface area contributed by atoms with Crippen molar-refractivity contribution in [3.05, 3.63) is 89.5 Å². The minimum Gasteiger partial charge on any atom is -0.489 e. The molecule has 0 heterocycles. The second-order valence-electron chi connectivity index (χ2n) is 5.68. The highest BCUT2D eigenvalue weighted by Crippen LogP contribution is 2.33. The van der Waals surface area contributed by atoms with Crippen LogP contribution in [-0.2, 0) is 13.2 Å². The molecule has 2 nitrogen and oxygen atoms in total. The quantitative estimate of drug-likeness (QED) is 0.654. The van der Waals surface area contributed by atoms with Crippen LogP contribution in [0.4, 0.5) is 8.78 Å². The third-order valence-corrected chi connectivity index (χ3v) is 3.93. The number of aliphatic hydroxyl groups is 1. The van der Waals surface area contributed by atoms with Gasteiger partial charge in [-0.3, -0.25) is 0 Å². The maximum atomic E-state index is 13.4. The number of alkyl halides is 2. The van der Waals surface area contributed by atoms with Gasteiger partial charge in [-0.2, -0.15) is 0 Å². The highest BCUT2D eigenvalue weighted by atomic mass is 19.3. The fourth-order valence-electron chi connectivity index (χ4n) is 2.65. The van der Waals surface area contributed by atoms with Crippen LogP contribution in [0.1, 0.15) is 23.1 Å². The van der Waals surface area contributed by atoms with Crippen LogP contribution >= 0.6 is 0 Å². The Morgan fingerprint density at radius 2 is 1.64 bits per heavy atom. The van der Waals surface area contributed by atoms with Crippen molar-refractivity contribution in [2.24, 2.45) is 0 Å². The molecule has 3 aromatic rings. The van der Waals surface area contributed by atoms with Gasteiger partial charge in [0.15, 0.2) is 0 Å². The van der Waals surface area contributed by atoms with E-state index in [2.05, 4.69) is 0 Å². The van der Waals surface area contributed by atoms with Gasteiger partial charge in [-0.15, -0.1) is 0 Å². The molecule has 0 aliphatic carbocycles. The fraction of sp³-hybridized carbons (Fsp3) is 0.143. The summed E-state index contributed by atoms with van der Waals surface area (Å²) in [7, 11) is 0. The Labute approximate surface area is 145 Å². The molecule has 25 heavy (non-hydrogen) atoms. The van der Waals surface area contributed by atoms with Crippen LogP contribution < -0.4 is 4.74 Å². The SMILES string of the molecule is OCc1ccc(-c2cccc(OCc3ccccc3)c2)c(C(F)F)c1. The van der Waals surface area contributed by atoms with Crippen molar-refractivity contribution in [2.75, 3.05) is 0 Å². The van der Waals surface area contributed by atoms with Crippen molar-refractivity contribution in [3.8, 4) is 16.9 Å². The van der Waals surface area contributed by atoms with Crippen molar-refractivity contribution in [3.63, 3.8) is 0 Å². The van der Waals surface area contributed by atoms with E-state index in [0.29, 0.717) is 29.0 Å². The zero-order valence-corrected chi connectivity index (χ0v) is 13.5. The number of ether oxygens (including phenoxy) is 1. The summed E-state index contributed by atoms with van der Waals surface area (Å²) in [6, 6.07) is 21.5. The number of hydrogen-bond acceptors (Lipinski definition) is 2. The molecule has 3 aromatic carbocycles. The predicted octanol–water partition coefficient (Wildman–Crippen LogP) is 5.36. The Bertz CT molecular complexity index is 832. The first kappa shape index (κ1) is 17.1. The minimum absolute atomic E-state index is 0.0910. The molecule has 0 aliphatic rings. The number of halogens is 2. The Balaban J connectivity index is 1.86. The van der Waals surface area contributed by atoms with E-state index in [9.17, 15) is 8.78 Å². The molecule has 0 fully saturated rings. The van der Waals surface area contributed by atoms with E-state index in [1.54, 1.807) is 36.4 Å². The minimum atomic E-state index is -2.62. The van der Waals surface area contributed by atoms with Crippen LogP contribution in [-0.4, -0.2) is 5.11 Å². The first-order valence-electron chi connectivity index (χ1n) is 7.96. The van der Waals surface area contributed by atoms with Crippen LogP contribution in [0.15, 0.2) is 72.8 Å². The molecular formula is C21H18F2O2. The predicted molar refractivity (Wildman–Crippen MR) is 93.5 cm³/mol. The summed E-state index contributed by atoms with van der Waals surface area (Å²) in [6.45, 7) is 0.148. The van der Waals surface area contributed by atoms with Gasteiger partial charge in [-0.05, 0) is 40.5 Å². The van der Waals surface area contributed by atoms with Gasteiger partial charge in [0.25, 0.3) is 6.43 Å². The van der Waals surface area contributed by atoms with E-state index in [0.717, 1.165) is 5.56 Å². The molecule has 4 heteroatoms. The summed E-state index contributed by atoms with van der Waals surface area (Å²) < 4.78 is 32.5. The zero-order chi connectivity index (χ0) is 17.6. The summed E-state index contributed by atoms with van der Waals surface area (Å²) in [5.74, 6) is 0.618. The lowest BCUT2D eigenvalue weighted by Gasteiger charge is -2.13. The Hall–Kier alpha value is -2.72. The van der Waals surface area contributed by atoms with Crippen LogP contribution in [0, 0.1) is 0 Å². The van der Waals surface area contributed by atoms with E-state index in [-0.39, 0.29) is 12.2 Å². The normalized spacial score (nSPS) is 10.9. The Kier molecular flexibility index (Phi) is 5.41. The second-order valence-corrected chi connectivity index (χ2v) is 5.68. The average molecular weight is 340 g/mol. The van der Waals surface area contributed by atoms with Crippen LogP contribution in [0.5, 0.6) is 5.75 Å². The van der Waals surface area contributed by atoms with Crippen molar-refractivity contribution < 1.29 is 18.6 Å². The van der Waals surface area contributed by atoms with Crippen molar-refractivity contribution in [2.45, 2.75) is 19.6 Å². The molecule has 0 radical (unpaired) electrons. The summed E-state index contributed by atoms with van der Waals surface area (Å²) in [5.41, 5.74) is 2.51. The van der Waals surface area contributed by atoms with Gasteiger partial charge in [-0.25, -0.2) is 8.78 Å². The summed E-state index contributed by atoms with van der Waals surface area (Å²) in [6.07, 6.45) is -2.62. The van der Waals surface area contributed by atoms with E-state index in [4.69, 9.17) is 9.84 Å². The third kappa shape index (κ3) is 4.22. The molecule has 0 aliphatic heterocycles. The van der Waals surface area contributed by atoms with Gasteiger partial charge in [0, 0.05) is 5.56 Å². The van der Waals surface area contributed by atoms with Crippen molar-refractivity contribution >= 4 is 0 Å². The van der Waals surface area contributed by atoms with Gasteiger partial charge in [0.2, 0.25) is 0 Å². The molecule has 0 spiro atoms. The van der Waals surface area contributed by atoms with Gasteiger partial charge in [0.1, 0.15) is 12.4 Å². The standard InChI is InChI=1S/C21H18F2O2/c22-21(23)20-11-16(13-24)9-10-19(20)17-7-4-8-18(12-17)25-14-15-5-2-1-3-6-15/h1-12,21,24H,13-14H2. The lowest BCUT2D eigenvalue weighted by atomic mass is 9.97. The van der Waals surface area contributed by atoms with Gasteiger partial charge in [0.05, 0.1) is 6.61 Å². The number of rotatable bonds is 6. The molecule has 0 bridgehead atoms. The molecule has 0 saturated heterocycles. The van der Waals surface area contributed by atoms with Crippen molar-refractivity contribution in [1.29, 1.82) is 0 Å². The first-order chi connectivity index (χ1) is 12.2. The van der Waals surface area contributed by atoms with Crippen molar-refractivity contribution in [1.82, 2.24) is 0 Å². The molecule has 3 rings (SSSR count). The molecule has 128 valence electrons. The first-order valence-corrected chi connectivity index (χ1v) is 7.96. The molecule has 0 unspecified atom stereocenters. The average Bonchev–Trinajstić information content (AvgIpc) is 2.67. The largest absolute Gasteiger partial charge is 0.489 e. The molecule has 0 amide bonds. The molecule has 0 atom stereocenters. The van der Waals surface area contributed by atoms with Crippen LogP contribution in [0.25, 0.3) is 11.1 Å². The highest BCUT2D eigenvalue weighted by molar-refractivity contribution is 5.69. The summed E-state index contributed by atoms with van der Waals surface area (Å²) in [4.78, 5) is 0. The van der Waals surface area contributed by atoms with E-state index >= 15 is 0 Å². The maximum absolute atomic E-state index is 13.4. The molecule has 0 aromatic heterocycles. The lowest BCUT2D eigenvalue weighted by molar-refractivity contribution is 0.151. The Morgan fingerprint density at radius 1 is 0.840 bits per heavy atom. The van der Waals surface area contributed by atoms with Gasteiger partial charge < -0.3 is 9.84 Å². The highest BCUT2D eigenvalue weighted by Gasteiger charge is 2.15.